The van der Waals surface area contributed by atoms with Gasteiger partial charge < -0.3 is 5.11 Å². The average Bonchev–Trinajstić information content (AvgIpc) is 2.33. The second-order valence-electron chi connectivity index (χ2n) is 4.78. The standard InChI is InChI=1S/C12H18N2O3S/c15-10-12(6-3-7-12)14-18(16,17)9-5-11-4-1-2-8-13-11/h1-2,4,8,14-15H,3,5-7,9-10H2. The van der Waals surface area contributed by atoms with Crippen LogP contribution in [-0.4, -0.2) is 36.4 Å². The maximum Gasteiger partial charge on any atom is 0.212 e. The third kappa shape index (κ3) is 3.28. The van der Waals surface area contributed by atoms with E-state index in [1.807, 2.05) is 6.07 Å². The summed E-state index contributed by atoms with van der Waals surface area (Å²) in [6.07, 6.45) is 4.43. The Morgan fingerprint density at radius 2 is 2.17 bits per heavy atom. The molecule has 1 aromatic heterocycles. The predicted octanol–water partition coefficient (Wildman–Crippen LogP) is 0.458. The molecule has 0 saturated heterocycles. The summed E-state index contributed by atoms with van der Waals surface area (Å²) in [6, 6.07) is 5.44. The molecule has 0 radical (unpaired) electrons. The van der Waals surface area contributed by atoms with Gasteiger partial charge in [-0.2, -0.15) is 0 Å². The highest BCUT2D eigenvalue weighted by Crippen LogP contribution is 2.31. The van der Waals surface area contributed by atoms with Crippen molar-refractivity contribution in [2.45, 2.75) is 31.2 Å². The van der Waals surface area contributed by atoms with Gasteiger partial charge in [0.1, 0.15) is 0 Å². The number of aliphatic hydroxyl groups excluding tert-OH is 1. The number of pyridine rings is 1. The zero-order valence-electron chi connectivity index (χ0n) is 10.2. The van der Waals surface area contributed by atoms with Gasteiger partial charge in [-0.15, -0.1) is 0 Å². The third-order valence-corrected chi connectivity index (χ3v) is 4.82. The lowest BCUT2D eigenvalue weighted by molar-refractivity contribution is 0.111. The van der Waals surface area contributed by atoms with Crippen LogP contribution in [0.25, 0.3) is 0 Å². The molecule has 5 nitrogen and oxygen atoms in total. The number of aryl methyl sites for hydroxylation is 1. The Kier molecular flexibility index (Phi) is 3.99. The smallest absolute Gasteiger partial charge is 0.212 e. The number of sulfonamides is 1. The van der Waals surface area contributed by atoms with Gasteiger partial charge in [0.25, 0.3) is 0 Å². The van der Waals surface area contributed by atoms with E-state index < -0.39 is 15.6 Å². The summed E-state index contributed by atoms with van der Waals surface area (Å²) in [5.41, 5.74) is 0.151. The molecule has 1 fully saturated rings. The summed E-state index contributed by atoms with van der Waals surface area (Å²) >= 11 is 0. The third-order valence-electron chi connectivity index (χ3n) is 3.34. The molecular weight excluding hydrogens is 252 g/mol. The van der Waals surface area contributed by atoms with Crippen molar-refractivity contribution < 1.29 is 13.5 Å². The average molecular weight is 270 g/mol. The summed E-state index contributed by atoms with van der Waals surface area (Å²) in [5, 5.41) is 9.25. The number of hydrogen-bond donors (Lipinski definition) is 2. The van der Waals surface area contributed by atoms with Gasteiger partial charge in [-0.05, 0) is 31.4 Å². The van der Waals surface area contributed by atoms with Gasteiger partial charge in [-0.3, -0.25) is 4.98 Å². The molecule has 0 atom stereocenters. The van der Waals surface area contributed by atoms with Crippen molar-refractivity contribution >= 4 is 10.0 Å². The van der Waals surface area contributed by atoms with Gasteiger partial charge in [0.15, 0.2) is 0 Å². The maximum atomic E-state index is 11.9. The Labute approximate surface area is 107 Å². The number of aromatic nitrogens is 1. The van der Waals surface area contributed by atoms with Crippen molar-refractivity contribution in [3.8, 4) is 0 Å². The Morgan fingerprint density at radius 1 is 1.39 bits per heavy atom. The lowest BCUT2D eigenvalue weighted by Crippen LogP contribution is -2.56. The Morgan fingerprint density at radius 3 is 2.67 bits per heavy atom. The first-order valence-corrected chi connectivity index (χ1v) is 7.73. The summed E-state index contributed by atoms with van der Waals surface area (Å²) in [6.45, 7) is -0.129. The lowest BCUT2D eigenvalue weighted by atomic mass is 9.78. The number of rotatable bonds is 6. The van der Waals surface area contributed by atoms with Crippen LogP contribution in [0, 0.1) is 0 Å². The first kappa shape index (κ1) is 13.5. The van der Waals surface area contributed by atoms with E-state index >= 15 is 0 Å². The zero-order valence-corrected chi connectivity index (χ0v) is 11.0. The van der Waals surface area contributed by atoms with E-state index in [4.69, 9.17) is 0 Å². The monoisotopic (exact) mass is 270 g/mol. The summed E-state index contributed by atoms with van der Waals surface area (Å²) < 4.78 is 26.5. The van der Waals surface area contributed by atoms with E-state index in [-0.39, 0.29) is 12.4 Å². The molecule has 2 rings (SSSR count). The van der Waals surface area contributed by atoms with E-state index in [0.29, 0.717) is 19.3 Å². The van der Waals surface area contributed by atoms with Crippen LogP contribution in [0.2, 0.25) is 0 Å². The fourth-order valence-corrected chi connectivity index (χ4v) is 3.57. The van der Waals surface area contributed by atoms with Gasteiger partial charge in [0.2, 0.25) is 10.0 Å². The minimum Gasteiger partial charge on any atom is -0.394 e. The second-order valence-corrected chi connectivity index (χ2v) is 6.63. The second kappa shape index (κ2) is 5.34. The van der Waals surface area contributed by atoms with Crippen LogP contribution in [0.15, 0.2) is 24.4 Å². The van der Waals surface area contributed by atoms with E-state index in [1.54, 1.807) is 18.3 Å². The van der Waals surface area contributed by atoms with Crippen molar-refractivity contribution in [1.82, 2.24) is 9.71 Å². The number of hydrogen-bond acceptors (Lipinski definition) is 4. The van der Waals surface area contributed by atoms with E-state index in [1.165, 1.54) is 0 Å². The SMILES string of the molecule is O=S(=O)(CCc1ccccn1)NC1(CO)CCC1. The van der Waals surface area contributed by atoms with Crippen molar-refractivity contribution in [2.24, 2.45) is 0 Å². The highest BCUT2D eigenvalue weighted by molar-refractivity contribution is 7.89. The van der Waals surface area contributed by atoms with Gasteiger partial charge in [-0.25, -0.2) is 13.1 Å². The normalized spacial score (nSPS) is 18.3. The molecule has 1 aromatic rings. The molecule has 0 aliphatic heterocycles. The first-order chi connectivity index (χ1) is 8.55. The molecule has 6 heteroatoms. The van der Waals surface area contributed by atoms with E-state index in [0.717, 1.165) is 12.1 Å². The van der Waals surface area contributed by atoms with Crippen LogP contribution in [0.4, 0.5) is 0 Å². The van der Waals surface area contributed by atoms with Crippen molar-refractivity contribution in [1.29, 1.82) is 0 Å². The molecule has 2 N–H and O–H groups in total. The minimum atomic E-state index is -3.36. The lowest BCUT2D eigenvalue weighted by Gasteiger charge is -2.40. The largest absolute Gasteiger partial charge is 0.394 e. The molecule has 0 unspecified atom stereocenters. The quantitative estimate of drug-likeness (QED) is 0.787. The van der Waals surface area contributed by atoms with E-state index in [9.17, 15) is 13.5 Å². The number of aliphatic hydroxyl groups is 1. The highest BCUT2D eigenvalue weighted by atomic mass is 32.2. The molecule has 0 aromatic carbocycles. The van der Waals surface area contributed by atoms with Gasteiger partial charge in [0, 0.05) is 18.3 Å². The molecule has 100 valence electrons. The molecule has 1 heterocycles. The topological polar surface area (TPSA) is 79.3 Å². The van der Waals surface area contributed by atoms with Gasteiger partial charge in [-0.1, -0.05) is 6.07 Å². The predicted molar refractivity (Wildman–Crippen MR) is 68.5 cm³/mol. The fraction of sp³-hybridized carbons (Fsp3) is 0.583. The maximum absolute atomic E-state index is 11.9. The van der Waals surface area contributed by atoms with Crippen LogP contribution in [0.1, 0.15) is 25.0 Å². The molecule has 18 heavy (non-hydrogen) atoms. The molecule has 0 spiro atoms. The van der Waals surface area contributed by atoms with Crippen LogP contribution >= 0.6 is 0 Å². The molecule has 1 saturated carbocycles. The zero-order chi connectivity index (χ0) is 13.1. The highest BCUT2D eigenvalue weighted by Gasteiger charge is 2.39. The van der Waals surface area contributed by atoms with Crippen molar-refractivity contribution in [3.63, 3.8) is 0 Å². The molecule has 1 aliphatic rings. The minimum absolute atomic E-state index is 0.00572. The Hall–Kier alpha value is -0.980. The molecule has 1 aliphatic carbocycles. The van der Waals surface area contributed by atoms with Gasteiger partial charge >= 0.3 is 0 Å². The molecule has 0 bridgehead atoms. The van der Waals surface area contributed by atoms with Crippen LogP contribution in [-0.2, 0) is 16.4 Å². The van der Waals surface area contributed by atoms with Crippen molar-refractivity contribution in [2.75, 3.05) is 12.4 Å². The molecular formula is C12H18N2O3S. The van der Waals surface area contributed by atoms with Crippen LogP contribution < -0.4 is 4.72 Å². The summed E-state index contributed by atoms with van der Waals surface area (Å²) in [5.74, 6) is 0.00572. The number of nitrogens with one attached hydrogen (secondary N) is 1. The van der Waals surface area contributed by atoms with Crippen molar-refractivity contribution in [3.05, 3.63) is 30.1 Å². The summed E-state index contributed by atoms with van der Waals surface area (Å²) in [4.78, 5) is 4.09. The van der Waals surface area contributed by atoms with Crippen LogP contribution in [0.3, 0.4) is 0 Å². The van der Waals surface area contributed by atoms with E-state index in [2.05, 4.69) is 9.71 Å². The van der Waals surface area contributed by atoms with Gasteiger partial charge in [0.05, 0.1) is 17.9 Å². The Balaban J connectivity index is 1.92. The Bertz CT molecular complexity index is 478. The first-order valence-electron chi connectivity index (χ1n) is 6.08. The van der Waals surface area contributed by atoms with Crippen LogP contribution in [0.5, 0.6) is 0 Å². The summed E-state index contributed by atoms with van der Waals surface area (Å²) in [7, 11) is -3.36. The molecule has 0 amide bonds. The fourth-order valence-electron chi connectivity index (χ4n) is 2.06. The number of nitrogens with zero attached hydrogens (tertiary/aromatic N) is 1.